The summed E-state index contributed by atoms with van der Waals surface area (Å²) in [6.07, 6.45) is 1.29. The fourth-order valence-electron chi connectivity index (χ4n) is 2.34. The third-order valence-electron chi connectivity index (χ3n) is 3.41. The van der Waals surface area contributed by atoms with Gasteiger partial charge in [0.2, 0.25) is 0 Å². The maximum Gasteiger partial charge on any atom is 1.00 e. The molecule has 0 saturated heterocycles. The predicted octanol–water partition coefficient (Wildman–Crippen LogP) is 0.0985. The zero-order valence-electron chi connectivity index (χ0n) is 13.2. The van der Waals surface area contributed by atoms with E-state index in [1.165, 1.54) is 10.8 Å². The van der Waals surface area contributed by atoms with Gasteiger partial charge in [0.25, 0.3) is 0 Å². The van der Waals surface area contributed by atoms with Crippen molar-refractivity contribution in [3.05, 3.63) is 52.8 Å². The standard InChI is InChI=1S/C16H8BrF2N3O2S.K/c17-13-8-21-15(25-16(18,19)14(23)24)22(13)12-6-5-9(7-20)10-3-1-2-4-11(10)12;/h1-6,8H,(H,23,24);/q;+1/p-1. The number of imidazole rings is 1. The Morgan fingerprint density at radius 1 is 1.27 bits per heavy atom. The van der Waals surface area contributed by atoms with Gasteiger partial charge in [0.1, 0.15) is 10.6 Å². The fraction of sp³-hybridized carbons (Fsp3) is 0.0625. The van der Waals surface area contributed by atoms with E-state index in [1.54, 1.807) is 36.4 Å². The van der Waals surface area contributed by atoms with E-state index in [4.69, 9.17) is 0 Å². The van der Waals surface area contributed by atoms with Crippen LogP contribution in [0, 0.1) is 11.3 Å². The number of carboxylic acid groups (broad SMARTS) is 1. The third kappa shape index (κ3) is 4.04. The molecule has 3 aromatic rings. The van der Waals surface area contributed by atoms with Crippen LogP contribution in [0.1, 0.15) is 5.56 Å². The van der Waals surface area contributed by atoms with Crippen molar-refractivity contribution in [2.75, 3.05) is 0 Å². The summed E-state index contributed by atoms with van der Waals surface area (Å²) in [7, 11) is 0. The number of carbonyl (C=O) groups excluding carboxylic acids is 1. The summed E-state index contributed by atoms with van der Waals surface area (Å²) in [5, 5.41) is 16.8. The molecule has 0 unspecified atom stereocenters. The number of carbonyl (C=O) groups is 1. The number of hydrogen-bond donors (Lipinski definition) is 0. The molecule has 1 aromatic heterocycles. The van der Waals surface area contributed by atoms with Crippen molar-refractivity contribution in [3.63, 3.8) is 0 Å². The molecule has 2 aromatic carbocycles. The molecule has 1 heterocycles. The van der Waals surface area contributed by atoms with E-state index in [0.717, 1.165) is 0 Å². The Balaban J connectivity index is 0.00000243. The number of thioether (sulfide) groups is 1. The molecule has 26 heavy (non-hydrogen) atoms. The first-order chi connectivity index (χ1) is 11.8. The van der Waals surface area contributed by atoms with Crippen LogP contribution in [0.25, 0.3) is 16.5 Å². The van der Waals surface area contributed by atoms with Crippen LogP contribution < -0.4 is 56.5 Å². The van der Waals surface area contributed by atoms with E-state index in [0.29, 0.717) is 26.6 Å². The van der Waals surface area contributed by atoms with Crippen LogP contribution in [0.15, 0.2) is 52.4 Å². The van der Waals surface area contributed by atoms with Gasteiger partial charge >= 0.3 is 56.6 Å². The molecular weight excluding hydrogens is 455 g/mol. The van der Waals surface area contributed by atoms with E-state index < -0.39 is 11.2 Å². The number of alkyl halides is 2. The molecular formula is C16H7BrF2KN3O2S. The van der Waals surface area contributed by atoms with Crippen LogP contribution in [0.5, 0.6) is 0 Å². The molecule has 126 valence electrons. The largest absolute Gasteiger partial charge is 1.00 e. The number of halogens is 3. The first kappa shape index (κ1) is 21.5. The normalized spacial score (nSPS) is 11.0. The summed E-state index contributed by atoms with van der Waals surface area (Å²) in [4.78, 5) is 14.5. The second-order valence-electron chi connectivity index (χ2n) is 4.89. The average molecular weight is 462 g/mol. The fourth-order valence-corrected chi connectivity index (χ4v) is 3.62. The van der Waals surface area contributed by atoms with Crippen molar-refractivity contribution in [2.24, 2.45) is 0 Å². The molecule has 0 aliphatic rings. The van der Waals surface area contributed by atoms with Gasteiger partial charge < -0.3 is 9.90 Å². The number of hydrogen-bond acceptors (Lipinski definition) is 5. The van der Waals surface area contributed by atoms with Gasteiger partial charge in [-0.05, 0) is 39.8 Å². The summed E-state index contributed by atoms with van der Waals surface area (Å²) in [6.45, 7) is 0. The second kappa shape index (κ2) is 8.47. The molecule has 0 radical (unpaired) electrons. The Bertz CT molecular complexity index is 1040. The van der Waals surface area contributed by atoms with Gasteiger partial charge in [-0.15, -0.1) is 0 Å². The average Bonchev–Trinajstić information content (AvgIpc) is 2.93. The van der Waals surface area contributed by atoms with Gasteiger partial charge in [0.05, 0.1) is 23.5 Å². The van der Waals surface area contributed by atoms with Crippen molar-refractivity contribution in [3.8, 4) is 11.8 Å². The van der Waals surface area contributed by atoms with E-state index >= 15 is 0 Å². The van der Waals surface area contributed by atoms with Crippen molar-refractivity contribution in [2.45, 2.75) is 10.4 Å². The number of carboxylic acids is 1. The molecule has 5 nitrogen and oxygen atoms in total. The van der Waals surface area contributed by atoms with Crippen LogP contribution in [0.4, 0.5) is 8.78 Å². The molecule has 10 heteroatoms. The topological polar surface area (TPSA) is 81.7 Å². The van der Waals surface area contributed by atoms with Crippen molar-refractivity contribution < 1.29 is 70.1 Å². The van der Waals surface area contributed by atoms with Crippen LogP contribution in [0.3, 0.4) is 0 Å². The summed E-state index contributed by atoms with van der Waals surface area (Å²) in [5.74, 6) is -2.49. The van der Waals surface area contributed by atoms with Gasteiger partial charge in [-0.2, -0.15) is 14.0 Å². The number of aromatic nitrogens is 2. The smallest absolute Gasteiger partial charge is 0.543 e. The van der Waals surface area contributed by atoms with Crippen molar-refractivity contribution in [1.29, 1.82) is 5.26 Å². The number of nitriles is 1. The quantitative estimate of drug-likeness (QED) is 0.406. The Morgan fingerprint density at radius 3 is 2.54 bits per heavy atom. The zero-order valence-corrected chi connectivity index (χ0v) is 18.8. The summed E-state index contributed by atoms with van der Waals surface area (Å²) in [6, 6.07) is 12.2. The Kier molecular flexibility index (Phi) is 7.01. The number of fused-ring (bicyclic) bond motifs is 1. The number of benzene rings is 2. The van der Waals surface area contributed by atoms with Gasteiger partial charge in [-0.1, -0.05) is 24.3 Å². The van der Waals surface area contributed by atoms with E-state index in [-0.39, 0.29) is 68.3 Å². The van der Waals surface area contributed by atoms with Crippen molar-refractivity contribution >= 4 is 44.4 Å². The first-order valence-electron chi connectivity index (χ1n) is 6.79. The molecule has 0 amide bonds. The number of aliphatic carboxylic acids is 1. The van der Waals surface area contributed by atoms with Gasteiger partial charge in [0.15, 0.2) is 5.16 Å². The van der Waals surface area contributed by atoms with E-state index in [2.05, 4.69) is 27.0 Å². The van der Waals surface area contributed by atoms with E-state index in [1.807, 2.05) is 0 Å². The summed E-state index contributed by atoms with van der Waals surface area (Å²) < 4.78 is 28.8. The predicted molar refractivity (Wildman–Crippen MR) is 89.3 cm³/mol. The molecule has 0 saturated carbocycles. The minimum absolute atomic E-state index is 0. The SMILES string of the molecule is N#Cc1ccc(-n2c(Br)cnc2SC(F)(F)C(=O)[O-])c2ccccc12.[K+]. The molecule has 0 aliphatic carbocycles. The minimum atomic E-state index is -4.13. The molecule has 0 bridgehead atoms. The van der Waals surface area contributed by atoms with Gasteiger partial charge in [0, 0.05) is 10.8 Å². The van der Waals surface area contributed by atoms with Crippen LogP contribution in [0.2, 0.25) is 0 Å². The Hall–Kier alpha value is -0.804. The summed E-state index contributed by atoms with van der Waals surface area (Å²) >= 11 is 3.01. The second-order valence-corrected chi connectivity index (χ2v) is 6.79. The van der Waals surface area contributed by atoms with Crippen LogP contribution in [-0.2, 0) is 4.79 Å². The zero-order chi connectivity index (χ0) is 18.2. The summed E-state index contributed by atoms with van der Waals surface area (Å²) in [5.41, 5.74) is 0.917. The molecule has 3 rings (SSSR count). The number of rotatable bonds is 4. The molecule has 0 fully saturated rings. The Labute approximate surface area is 201 Å². The van der Waals surface area contributed by atoms with Gasteiger partial charge in [-0.3, -0.25) is 4.57 Å². The first-order valence-corrected chi connectivity index (χ1v) is 8.40. The molecule has 0 spiro atoms. The Morgan fingerprint density at radius 2 is 1.92 bits per heavy atom. The molecule has 0 atom stereocenters. The van der Waals surface area contributed by atoms with Crippen molar-refractivity contribution in [1.82, 2.24) is 9.55 Å². The molecule has 0 aliphatic heterocycles. The van der Waals surface area contributed by atoms with E-state index in [9.17, 15) is 23.9 Å². The number of nitrogens with zero attached hydrogens (tertiary/aromatic N) is 3. The maximum atomic E-state index is 13.6. The van der Waals surface area contributed by atoms with Crippen LogP contribution >= 0.6 is 27.7 Å². The monoisotopic (exact) mass is 461 g/mol. The van der Waals surface area contributed by atoms with Gasteiger partial charge in [-0.25, -0.2) is 4.98 Å². The molecule has 0 N–H and O–H groups in total. The van der Waals surface area contributed by atoms with Crippen LogP contribution in [-0.4, -0.2) is 20.8 Å². The third-order valence-corrected chi connectivity index (χ3v) is 4.86. The minimum Gasteiger partial charge on any atom is -0.543 e. The maximum absolute atomic E-state index is 13.6.